The monoisotopic (exact) mass is 248 g/mol. The normalized spacial score (nSPS) is 10.3. The van der Waals surface area contributed by atoms with Crippen LogP contribution in [0.15, 0.2) is 29.1 Å². The van der Waals surface area contributed by atoms with Gasteiger partial charge in [-0.15, -0.1) is 0 Å². The van der Waals surface area contributed by atoms with E-state index in [1.165, 1.54) is 6.33 Å². The summed E-state index contributed by atoms with van der Waals surface area (Å²) in [5.41, 5.74) is 6.33. The van der Waals surface area contributed by atoms with Gasteiger partial charge in [0.2, 0.25) is 5.88 Å². The molecule has 18 heavy (non-hydrogen) atoms. The maximum atomic E-state index is 5.92. The lowest BCUT2D eigenvalue weighted by atomic mass is 10.4. The molecular weight excluding hydrogens is 232 g/mol. The van der Waals surface area contributed by atoms with Crippen molar-refractivity contribution in [1.82, 2.24) is 9.97 Å². The highest BCUT2D eigenvalue weighted by atomic mass is 16.5. The maximum Gasteiger partial charge on any atom is 0.242 e. The minimum absolute atomic E-state index is 0.411. The quantitative estimate of drug-likeness (QED) is 0.813. The fourth-order valence-electron chi connectivity index (χ4n) is 1.42. The van der Waals surface area contributed by atoms with Crippen molar-refractivity contribution in [1.29, 1.82) is 0 Å². The molecule has 0 fully saturated rings. The van der Waals surface area contributed by atoms with Gasteiger partial charge in [0.1, 0.15) is 17.8 Å². The number of anilines is 2. The number of furan rings is 1. The average Bonchev–Trinajstić information content (AvgIpc) is 2.89. The average molecular weight is 248 g/mol. The Morgan fingerprint density at radius 2 is 2.33 bits per heavy atom. The lowest BCUT2D eigenvalue weighted by molar-refractivity contribution is 0.306. The van der Waals surface area contributed by atoms with Crippen LogP contribution >= 0.6 is 0 Å². The Kier molecular flexibility index (Phi) is 4.01. The van der Waals surface area contributed by atoms with Gasteiger partial charge in [-0.2, -0.15) is 4.98 Å². The smallest absolute Gasteiger partial charge is 0.242 e. The zero-order valence-corrected chi connectivity index (χ0v) is 10.2. The first-order chi connectivity index (χ1) is 8.81. The summed E-state index contributed by atoms with van der Waals surface area (Å²) in [4.78, 5) is 8.08. The molecule has 0 aliphatic rings. The van der Waals surface area contributed by atoms with Crippen molar-refractivity contribution in [2.75, 3.05) is 17.7 Å². The number of rotatable bonds is 6. The van der Waals surface area contributed by atoms with Crippen LogP contribution in [0.1, 0.15) is 19.1 Å². The van der Waals surface area contributed by atoms with Crippen LogP contribution in [0.5, 0.6) is 5.88 Å². The van der Waals surface area contributed by atoms with Crippen molar-refractivity contribution in [3.05, 3.63) is 30.5 Å². The second-order valence-corrected chi connectivity index (χ2v) is 3.72. The van der Waals surface area contributed by atoms with Gasteiger partial charge in [0.15, 0.2) is 5.82 Å². The van der Waals surface area contributed by atoms with E-state index in [9.17, 15) is 0 Å². The van der Waals surface area contributed by atoms with Gasteiger partial charge in [-0.25, -0.2) is 4.98 Å². The van der Waals surface area contributed by atoms with Crippen LogP contribution in [0.2, 0.25) is 0 Å². The van der Waals surface area contributed by atoms with Crippen LogP contribution in [0, 0.1) is 0 Å². The van der Waals surface area contributed by atoms with E-state index in [4.69, 9.17) is 14.9 Å². The van der Waals surface area contributed by atoms with Crippen molar-refractivity contribution in [3.8, 4) is 5.88 Å². The number of nitrogens with two attached hydrogens (primary N) is 1. The van der Waals surface area contributed by atoms with Gasteiger partial charge in [0.25, 0.3) is 0 Å². The predicted molar refractivity (Wildman–Crippen MR) is 68.3 cm³/mol. The summed E-state index contributed by atoms with van der Waals surface area (Å²) in [6.07, 6.45) is 3.94. The molecule has 0 aliphatic carbocycles. The van der Waals surface area contributed by atoms with Crippen molar-refractivity contribution in [2.45, 2.75) is 19.9 Å². The topological polar surface area (TPSA) is 86.2 Å². The summed E-state index contributed by atoms with van der Waals surface area (Å²) in [6, 6.07) is 3.70. The molecular formula is C12H16N4O2. The minimum atomic E-state index is 0.411. The van der Waals surface area contributed by atoms with Gasteiger partial charge in [-0.3, -0.25) is 0 Å². The summed E-state index contributed by atoms with van der Waals surface area (Å²) in [6.45, 7) is 3.12. The minimum Gasteiger partial charge on any atom is -0.476 e. The molecule has 0 bridgehead atoms. The molecule has 0 saturated heterocycles. The highest BCUT2D eigenvalue weighted by Gasteiger charge is 2.09. The summed E-state index contributed by atoms with van der Waals surface area (Å²) >= 11 is 0. The molecule has 3 N–H and O–H groups in total. The van der Waals surface area contributed by atoms with Crippen molar-refractivity contribution in [3.63, 3.8) is 0 Å². The lowest BCUT2D eigenvalue weighted by Gasteiger charge is -2.10. The third-order valence-corrected chi connectivity index (χ3v) is 2.30. The van der Waals surface area contributed by atoms with E-state index in [1.54, 1.807) is 6.26 Å². The first-order valence-corrected chi connectivity index (χ1v) is 5.80. The molecule has 0 aromatic carbocycles. The number of nitrogen functional groups attached to an aromatic ring is 1. The van der Waals surface area contributed by atoms with Crippen LogP contribution in [-0.4, -0.2) is 16.6 Å². The molecule has 6 heteroatoms. The van der Waals surface area contributed by atoms with Crippen LogP contribution in [0.3, 0.4) is 0 Å². The van der Waals surface area contributed by atoms with Gasteiger partial charge >= 0.3 is 0 Å². The van der Waals surface area contributed by atoms with Crippen LogP contribution in [0.4, 0.5) is 11.5 Å². The van der Waals surface area contributed by atoms with Crippen LogP contribution < -0.4 is 15.8 Å². The van der Waals surface area contributed by atoms with Crippen molar-refractivity contribution >= 4 is 11.5 Å². The number of hydrogen-bond donors (Lipinski definition) is 2. The first-order valence-electron chi connectivity index (χ1n) is 5.80. The van der Waals surface area contributed by atoms with Crippen LogP contribution in [-0.2, 0) is 6.54 Å². The fourth-order valence-corrected chi connectivity index (χ4v) is 1.42. The van der Waals surface area contributed by atoms with Crippen LogP contribution in [0.25, 0.3) is 0 Å². The Morgan fingerprint density at radius 1 is 1.44 bits per heavy atom. The molecule has 0 unspecified atom stereocenters. The van der Waals surface area contributed by atoms with Gasteiger partial charge in [-0.1, -0.05) is 6.92 Å². The molecule has 0 radical (unpaired) electrons. The van der Waals surface area contributed by atoms with Gasteiger partial charge in [-0.05, 0) is 18.6 Å². The lowest BCUT2D eigenvalue weighted by Crippen LogP contribution is -2.08. The predicted octanol–water partition coefficient (Wildman–Crippen LogP) is 2.05. The van der Waals surface area contributed by atoms with Gasteiger partial charge < -0.3 is 20.2 Å². The Balaban J connectivity index is 2.03. The third-order valence-electron chi connectivity index (χ3n) is 2.30. The highest BCUT2D eigenvalue weighted by molar-refractivity contribution is 5.66. The number of ether oxygens (including phenoxy) is 1. The Labute approximate surface area is 105 Å². The van der Waals surface area contributed by atoms with E-state index in [2.05, 4.69) is 15.3 Å². The molecule has 2 aromatic rings. The second kappa shape index (κ2) is 5.90. The molecule has 0 amide bonds. The Hall–Kier alpha value is -2.24. The number of nitrogens with one attached hydrogen (secondary N) is 1. The molecule has 96 valence electrons. The molecule has 0 spiro atoms. The van der Waals surface area contributed by atoms with E-state index in [1.807, 2.05) is 19.1 Å². The summed E-state index contributed by atoms with van der Waals surface area (Å²) in [5, 5.41) is 3.08. The Morgan fingerprint density at radius 3 is 3.06 bits per heavy atom. The Bertz CT molecular complexity index is 485. The maximum absolute atomic E-state index is 5.92. The summed E-state index contributed by atoms with van der Waals surface area (Å²) in [5.74, 6) is 1.77. The van der Waals surface area contributed by atoms with E-state index in [0.717, 1.165) is 12.2 Å². The van der Waals surface area contributed by atoms with E-state index in [-0.39, 0.29) is 0 Å². The molecule has 0 atom stereocenters. The number of hydrogen-bond acceptors (Lipinski definition) is 6. The highest BCUT2D eigenvalue weighted by Crippen LogP contribution is 2.24. The SMILES string of the molecule is CCCOc1ncnc(NCc2ccco2)c1N. The fraction of sp³-hybridized carbons (Fsp3) is 0.333. The molecule has 2 heterocycles. The molecule has 2 aromatic heterocycles. The van der Waals surface area contributed by atoms with Crippen molar-refractivity contribution in [2.24, 2.45) is 0 Å². The zero-order valence-electron chi connectivity index (χ0n) is 10.2. The number of aromatic nitrogens is 2. The molecule has 0 aliphatic heterocycles. The third kappa shape index (κ3) is 2.91. The van der Waals surface area contributed by atoms with E-state index in [0.29, 0.717) is 30.5 Å². The first kappa shape index (κ1) is 12.2. The summed E-state index contributed by atoms with van der Waals surface area (Å²) < 4.78 is 10.6. The van der Waals surface area contributed by atoms with E-state index < -0.39 is 0 Å². The zero-order chi connectivity index (χ0) is 12.8. The number of nitrogens with zero attached hydrogens (tertiary/aromatic N) is 2. The van der Waals surface area contributed by atoms with Gasteiger partial charge in [0, 0.05) is 0 Å². The molecule has 2 rings (SSSR count). The standard InChI is InChI=1S/C12H16N4O2/c1-2-5-18-12-10(13)11(15-8-16-12)14-7-9-4-3-6-17-9/h3-4,6,8H,2,5,7,13H2,1H3,(H,14,15,16). The summed E-state index contributed by atoms with van der Waals surface area (Å²) in [7, 11) is 0. The molecule has 0 saturated carbocycles. The second-order valence-electron chi connectivity index (χ2n) is 3.72. The van der Waals surface area contributed by atoms with Gasteiger partial charge in [0.05, 0.1) is 19.4 Å². The molecule has 6 nitrogen and oxygen atoms in total. The largest absolute Gasteiger partial charge is 0.476 e. The van der Waals surface area contributed by atoms with Crippen molar-refractivity contribution < 1.29 is 9.15 Å². The van der Waals surface area contributed by atoms with E-state index >= 15 is 0 Å².